The number of fused-ring (bicyclic) bond motifs is 1. The van der Waals surface area contributed by atoms with Gasteiger partial charge in [0.15, 0.2) is 0 Å². The van der Waals surface area contributed by atoms with Crippen LogP contribution in [0, 0.1) is 0 Å². The molecule has 0 aliphatic heterocycles. The van der Waals surface area contributed by atoms with Gasteiger partial charge in [0.25, 0.3) is 5.91 Å². The molecule has 1 aliphatic rings. The first-order valence-corrected chi connectivity index (χ1v) is 14.4. The van der Waals surface area contributed by atoms with Gasteiger partial charge in [-0.05, 0) is 90.0 Å². The number of anilines is 1. The number of nitrogens with one attached hydrogen (secondary N) is 1. The standard InChI is InChI=1S/C30H28ClN3O3S/c1-2-21-8-13-27(14-9-21)38(36,37)33-29-15-11-23-10-12-26(18-28(23)29)34(20-22-5-4-16-32-19-22)30(35)24-6-3-7-25(31)17-24/h3-10,12-14,16-19,29,33H,2,11,15,20H2,1H3. The van der Waals surface area contributed by atoms with Crippen molar-refractivity contribution in [3.8, 4) is 0 Å². The van der Waals surface area contributed by atoms with Crippen LogP contribution in [-0.2, 0) is 29.4 Å². The molecule has 0 spiro atoms. The maximum Gasteiger partial charge on any atom is 0.258 e. The fourth-order valence-corrected chi connectivity index (χ4v) is 6.21. The highest BCUT2D eigenvalue weighted by atomic mass is 35.5. The molecular formula is C30H28ClN3O3S. The van der Waals surface area contributed by atoms with Crippen molar-refractivity contribution in [2.24, 2.45) is 0 Å². The summed E-state index contributed by atoms with van der Waals surface area (Å²) in [6.45, 7) is 2.33. The third-order valence-electron chi connectivity index (χ3n) is 6.84. The van der Waals surface area contributed by atoms with Gasteiger partial charge in [0.05, 0.1) is 11.4 Å². The largest absolute Gasteiger partial charge is 0.304 e. The molecule has 0 saturated carbocycles. The van der Waals surface area contributed by atoms with Gasteiger partial charge in [0.2, 0.25) is 10.0 Å². The Hall–Kier alpha value is -3.52. The second-order valence-corrected chi connectivity index (χ2v) is 11.5. The molecule has 1 heterocycles. The van der Waals surface area contributed by atoms with Gasteiger partial charge in [0.1, 0.15) is 0 Å². The molecule has 38 heavy (non-hydrogen) atoms. The van der Waals surface area contributed by atoms with E-state index in [2.05, 4.69) is 9.71 Å². The summed E-state index contributed by atoms with van der Waals surface area (Å²) in [6.07, 6.45) is 5.66. The number of rotatable bonds is 8. The van der Waals surface area contributed by atoms with Crippen LogP contribution in [0.25, 0.3) is 0 Å². The molecule has 0 fully saturated rings. The van der Waals surface area contributed by atoms with Crippen LogP contribution in [0.15, 0.2) is 96.2 Å². The summed E-state index contributed by atoms with van der Waals surface area (Å²) >= 11 is 6.18. The number of pyridine rings is 1. The first-order chi connectivity index (χ1) is 18.3. The van der Waals surface area contributed by atoms with Crippen LogP contribution < -0.4 is 9.62 Å². The first kappa shape index (κ1) is 26.1. The fraction of sp³-hybridized carbons (Fsp3) is 0.200. The third kappa shape index (κ3) is 5.65. The summed E-state index contributed by atoms with van der Waals surface area (Å²) in [5, 5.41) is 0.479. The summed E-state index contributed by atoms with van der Waals surface area (Å²) in [5.74, 6) is -0.206. The Morgan fingerprint density at radius 2 is 1.84 bits per heavy atom. The van der Waals surface area contributed by atoms with Gasteiger partial charge in [-0.15, -0.1) is 0 Å². The molecule has 1 aromatic heterocycles. The molecule has 5 rings (SSSR count). The fourth-order valence-electron chi connectivity index (χ4n) is 4.77. The predicted molar refractivity (Wildman–Crippen MR) is 150 cm³/mol. The van der Waals surface area contributed by atoms with Crippen molar-refractivity contribution >= 4 is 33.2 Å². The van der Waals surface area contributed by atoms with Crippen LogP contribution in [-0.4, -0.2) is 19.3 Å². The van der Waals surface area contributed by atoms with Gasteiger partial charge in [-0.3, -0.25) is 9.78 Å². The van der Waals surface area contributed by atoms with E-state index < -0.39 is 10.0 Å². The molecule has 0 saturated heterocycles. The van der Waals surface area contributed by atoms with Gasteiger partial charge in [-0.2, -0.15) is 0 Å². The van der Waals surface area contributed by atoms with E-state index in [0.717, 1.165) is 35.1 Å². The third-order valence-corrected chi connectivity index (χ3v) is 8.56. The van der Waals surface area contributed by atoms with Crippen molar-refractivity contribution in [2.75, 3.05) is 4.90 Å². The Morgan fingerprint density at radius 1 is 1.03 bits per heavy atom. The van der Waals surface area contributed by atoms with Crippen LogP contribution in [0.3, 0.4) is 0 Å². The van der Waals surface area contributed by atoms with E-state index in [4.69, 9.17) is 11.6 Å². The topological polar surface area (TPSA) is 79.4 Å². The van der Waals surface area contributed by atoms with Crippen LogP contribution in [0.5, 0.6) is 0 Å². The Kier molecular flexibility index (Phi) is 7.61. The minimum atomic E-state index is -3.71. The second kappa shape index (κ2) is 11.1. The van der Waals surface area contributed by atoms with Crippen molar-refractivity contribution in [1.82, 2.24) is 9.71 Å². The van der Waals surface area contributed by atoms with E-state index in [1.807, 2.05) is 49.4 Å². The van der Waals surface area contributed by atoms with Crippen molar-refractivity contribution < 1.29 is 13.2 Å². The summed E-state index contributed by atoms with van der Waals surface area (Å²) in [5.41, 5.74) is 5.05. The zero-order valence-electron chi connectivity index (χ0n) is 21.0. The maximum atomic E-state index is 13.7. The zero-order valence-corrected chi connectivity index (χ0v) is 22.5. The molecule has 0 bridgehead atoms. The summed E-state index contributed by atoms with van der Waals surface area (Å²) < 4.78 is 29.3. The number of nitrogens with zero attached hydrogens (tertiary/aromatic N) is 2. The number of sulfonamides is 1. The van der Waals surface area contributed by atoms with E-state index >= 15 is 0 Å². The van der Waals surface area contributed by atoms with Crippen LogP contribution in [0.1, 0.15) is 52.0 Å². The lowest BCUT2D eigenvalue weighted by molar-refractivity contribution is 0.0985. The Morgan fingerprint density at radius 3 is 2.55 bits per heavy atom. The lowest BCUT2D eigenvalue weighted by atomic mass is 10.1. The smallest absolute Gasteiger partial charge is 0.258 e. The second-order valence-electron chi connectivity index (χ2n) is 9.36. The number of aromatic nitrogens is 1. The Balaban J connectivity index is 1.47. The Labute approximate surface area is 228 Å². The van der Waals surface area contributed by atoms with Gasteiger partial charge >= 0.3 is 0 Å². The number of carbonyl (C=O) groups is 1. The number of hydrogen-bond acceptors (Lipinski definition) is 4. The van der Waals surface area contributed by atoms with Crippen LogP contribution >= 0.6 is 11.6 Å². The SMILES string of the molecule is CCc1ccc(S(=O)(=O)NC2CCc3ccc(N(Cc4cccnc4)C(=O)c4cccc(Cl)c4)cc32)cc1. The number of hydrogen-bond donors (Lipinski definition) is 1. The minimum Gasteiger partial charge on any atom is -0.304 e. The molecule has 1 unspecified atom stereocenters. The first-order valence-electron chi connectivity index (χ1n) is 12.5. The normalized spacial score (nSPS) is 14.7. The van der Waals surface area contributed by atoms with E-state index in [1.54, 1.807) is 53.7 Å². The molecule has 3 aromatic carbocycles. The summed E-state index contributed by atoms with van der Waals surface area (Å²) in [7, 11) is -3.71. The predicted octanol–water partition coefficient (Wildman–Crippen LogP) is 6.11. The lowest BCUT2D eigenvalue weighted by Gasteiger charge is -2.25. The van der Waals surface area contributed by atoms with Gasteiger partial charge < -0.3 is 4.90 Å². The molecule has 0 radical (unpaired) electrons. The molecule has 8 heteroatoms. The molecule has 4 aromatic rings. The molecule has 1 aliphatic carbocycles. The maximum absolute atomic E-state index is 13.7. The highest BCUT2D eigenvalue weighted by Crippen LogP contribution is 2.36. The molecular weight excluding hydrogens is 518 g/mol. The average Bonchev–Trinajstić information content (AvgIpc) is 3.33. The van der Waals surface area contributed by atoms with Crippen molar-refractivity contribution in [1.29, 1.82) is 0 Å². The van der Waals surface area contributed by atoms with E-state index in [9.17, 15) is 13.2 Å². The number of aryl methyl sites for hydroxylation is 2. The van der Waals surface area contributed by atoms with E-state index in [0.29, 0.717) is 29.2 Å². The molecule has 194 valence electrons. The monoisotopic (exact) mass is 545 g/mol. The molecule has 6 nitrogen and oxygen atoms in total. The summed E-state index contributed by atoms with van der Waals surface area (Å²) in [4.78, 5) is 19.8. The van der Waals surface area contributed by atoms with Crippen molar-refractivity contribution in [3.05, 3.63) is 124 Å². The average molecular weight is 546 g/mol. The van der Waals surface area contributed by atoms with Crippen LogP contribution in [0.2, 0.25) is 5.02 Å². The summed E-state index contributed by atoms with van der Waals surface area (Å²) in [6, 6.07) is 23.0. The number of benzene rings is 3. The zero-order chi connectivity index (χ0) is 26.7. The van der Waals surface area contributed by atoms with E-state index in [1.165, 1.54) is 0 Å². The highest BCUT2D eigenvalue weighted by molar-refractivity contribution is 7.89. The number of amides is 1. The number of carbonyl (C=O) groups excluding carboxylic acids is 1. The molecule has 1 N–H and O–H groups in total. The van der Waals surface area contributed by atoms with Gasteiger partial charge in [0, 0.05) is 34.7 Å². The Bertz CT molecular complexity index is 1560. The number of halogens is 1. The van der Waals surface area contributed by atoms with E-state index in [-0.39, 0.29) is 16.8 Å². The molecule has 1 atom stereocenters. The van der Waals surface area contributed by atoms with Crippen molar-refractivity contribution in [3.63, 3.8) is 0 Å². The van der Waals surface area contributed by atoms with Crippen LogP contribution in [0.4, 0.5) is 5.69 Å². The minimum absolute atomic E-state index is 0.206. The van der Waals surface area contributed by atoms with Gasteiger partial charge in [-0.25, -0.2) is 13.1 Å². The molecule has 1 amide bonds. The quantitative estimate of drug-likeness (QED) is 0.290. The highest BCUT2D eigenvalue weighted by Gasteiger charge is 2.29. The lowest BCUT2D eigenvalue weighted by Crippen LogP contribution is -2.31. The van der Waals surface area contributed by atoms with Gasteiger partial charge in [-0.1, -0.05) is 48.9 Å². The van der Waals surface area contributed by atoms with Crippen molar-refractivity contribution in [2.45, 2.75) is 43.7 Å².